The summed E-state index contributed by atoms with van der Waals surface area (Å²) < 4.78 is 32.4. The minimum atomic E-state index is -4.27. The van der Waals surface area contributed by atoms with Crippen LogP contribution in [0.5, 0.6) is 0 Å². The van der Waals surface area contributed by atoms with E-state index >= 15 is 0 Å². The third kappa shape index (κ3) is 20.1. The zero-order valence-electron chi connectivity index (χ0n) is 16.8. The van der Waals surface area contributed by atoms with Gasteiger partial charge >= 0.3 is 51.4 Å². The van der Waals surface area contributed by atoms with Gasteiger partial charge in [0.15, 0.2) is 0 Å². The molecule has 0 saturated heterocycles. The van der Waals surface area contributed by atoms with Gasteiger partial charge in [-0.3, -0.25) is 0 Å². The fourth-order valence-electron chi connectivity index (χ4n) is 3.02. The molecule has 0 radical (unpaired) electrons. The molecule has 0 saturated carbocycles. The molecule has 0 spiro atoms. The van der Waals surface area contributed by atoms with E-state index in [1.54, 1.807) is 0 Å². The molecular formula is C19H39KO4S. The Balaban J connectivity index is 0. The van der Waals surface area contributed by atoms with Crippen LogP contribution in [0.15, 0.2) is 0 Å². The van der Waals surface area contributed by atoms with Crippen molar-refractivity contribution in [1.82, 2.24) is 0 Å². The molecule has 1 N–H and O–H groups in total. The normalized spacial score (nSPS) is 14.1. The van der Waals surface area contributed by atoms with Crippen molar-refractivity contribution < 1.29 is 69.5 Å². The van der Waals surface area contributed by atoms with Crippen molar-refractivity contribution in [3.05, 3.63) is 0 Å². The second kappa shape index (κ2) is 18.9. The van der Waals surface area contributed by atoms with Crippen molar-refractivity contribution in [2.45, 2.75) is 122 Å². The summed E-state index contributed by atoms with van der Waals surface area (Å²) in [5.41, 5.74) is 0. The van der Waals surface area contributed by atoms with Gasteiger partial charge in [-0.1, -0.05) is 90.4 Å². The summed E-state index contributed by atoms with van der Waals surface area (Å²) >= 11 is 0. The van der Waals surface area contributed by atoms with Crippen molar-refractivity contribution in [3.63, 3.8) is 0 Å². The quantitative estimate of drug-likeness (QED) is 0.230. The van der Waals surface area contributed by atoms with Crippen molar-refractivity contribution in [3.8, 4) is 0 Å². The van der Waals surface area contributed by atoms with Crippen LogP contribution in [0.3, 0.4) is 0 Å². The summed E-state index contributed by atoms with van der Waals surface area (Å²) in [6.45, 7) is 3.62. The van der Waals surface area contributed by atoms with Crippen LogP contribution in [0, 0.1) is 0 Å². The predicted molar refractivity (Wildman–Crippen MR) is 100 cm³/mol. The first kappa shape index (κ1) is 28.7. The number of aliphatic hydroxyl groups excluding tert-OH is 1. The third-order valence-corrected chi connectivity index (χ3v) is 5.92. The summed E-state index contributed by atoms with van der Waals surface area (Å²) in [5.74, 6) is 0. The Bertz CT molecular complexity index is 374. The minimum Gasteiger partial charge on any atom is -0.748 e. The SMILES string of the molecule is CCCCCCCCCCCCCCCC(O)CC(C)S(=O)(=O)[O-].[K+]. The van der Waals surface area contributed by atoms with Crippen LogP contribution in [-0.2, 0) is 10.1 Å². The van der Waals surface area contributed by atoms with Crippen LogP contribution in [0.25, 0.3) is 0 Å². The molecule has 0 heterocycles. The molecule has 0 bridgehead atoms. The third-order valence-electron chi connectivity index (χ3n) is 4.74. The molecule has 0 aliphatic heterocycles. The first-order chi connectivity index (χ1) is 11.4. The maximum atomic E-state index is 10.8. The standard InChI is InChI=1S/C19H40O4S.K/c1-3-4-5-6-7-8-9-10-11-12-13-14-15-16-19(20)17-18(2)24(21,22)23;/h18-20H,3-17H2,1-2H3,(H,21,22,23);/q;+1/p-1. The molecule has 6 heteroatoms. The molecule has 0 aliphatic carbocycles. The zero-order chi connectivity index (χ0) is 18.3. The number of hydrogen-bond donors (Lipinski definition) is 1. The van der Waals surface area contributed by atoms with Crippen LogP contribution in [0.2, 0.25) is 0 Å². The van der Waals surface area contributed by atoms with Gasteiger partial charge in [-0.15, -0.1) is 0 Å². The van der Waals surface area contributed by atoms with E-state index in [-0.39, 0.29) is 57.8 Å². The molecule has 0 fully saturated rings. The van der Waals surface area contributed by atoms with Crippen LogP contribution in [0.4, 0.5) is 0 Å². The Morgan fingerprint density at radius 3 is 1.52 bits per heavy atom. The zero-order valence-corrected chi connectivity index (χ0v) is 20.8. The van der Waals surface area contributed by atoms with Gasteiger partial charge < -0.3 is 9.66 Å². The van der Waals surface area contributed by atoms with Gasteiger partial charge in [0.05, 0.1) is 16.2 Å². The van der Waals surface area contributed by atoms with Crippen LogP contribution >= 0.6 is 0 Å². The summed E-state index contributed by atoms with van der Waals surface area (Å²) in [6, 6.07) is 0. The summed E-state index contributed by atoms with van der Waals surface area (Å²) in [5, 5.41) is 8.77. The number of rotatable bonds is 17. The Morgan fingerprint density at radius 2 is 1.16 bits per heavy atom. The van der Waals surface area contributed by atoms with E-state index in [9.17, 15) is 18.1 Å². The van der Waals surface area contributed by atoms with Crippen LogP contribution in [-0.4, -0.2) is 29.4 Å². The molecule has 0 aromatic heterocycles. The van der Waals surface area contributed by atoms with E-state index in [0.29, 0.717) is 6.42 Å². The van der Waals surface area contributed by atoms with Crippen LogP contribution in [0.1, 0.15) is 110 Å². The molecule has 0 rings (SSSR count). The number of aliphatic hydroxyl groups is 1. The Morgan fingerprint density at radius 1 is 0.800 bits per heavy atom. The average molecular weight is 403 g/mol. The van der Waals surface area contributed by atoms with Gasteiger partial charge in [0.1, 0.15) is 0 Å². The van der Waals surface area contributed by atoms with E-state index < -0.39 is 21.5 Å². The minimum absolute atomic E-state index is 0. The van der Waals surface area contributed by atoms with Crippen molar-refractivity contribution in [2.75, 3.05) is 0 Å². The topological polar surface area (TPSA) is 77.4 Å². The predicted octanol–water partition coefficient (Wildman–Crippen LogP) is 2.16. The summed E-state index contributed by atoms with van der Waals surface area (Å²) in [7, 11) is -4.27. The summed E-state index contributed by atoms with van der Waals surface area (Å²) in [4.78, 5) is 0. The second-order valence-electron chi connectivity index (χ2n) is 7.22. The van der Waals surface area contributed by atoms with E-state index in [1.807, 2.05) is 0 Å². The summed E-state index contributed by atoms with van der Waals surface area (Å²) in [6.07, 6.45) is 16.6. The van der Waals surface area contributed by atoms with Crippen molar-refractivity contribution in [2.24, 2.45) is 0 Å². The number of hydrogen-bond acceptors (Lipinski definition) is 4. The maximum Gasteiger partial charge on any atom is 1.00 e. The molecule has 0 aliphatic rings. The Hall–Kier alpha value is 1.51. The van der Waals surface area contributed by atoms with Gasteiger partial charge in [0, 0.05) is 5.25 Å². The van der Waals surface area contributed by atoms with Gasteiger partial charge in [-0.25, -0.2) is 8.42 Å². The molecule has 2 unspecified atom stereocenters. The van der Waals surface area contributed by atoms with Crippen LogP contribution < -0.4 is 51.4 Å². The number of unbranched alkanes of at least 4 members (excludes halogenated alkanes) is 12. The fraction of sp³-hybridized carbons (Fsp3) is 1.00. The molecular weight excluding hydrogens is 363 g/mol. The van der Waals surface area contributed by atoms with Gasteiger partial charge in [0.2, 0.25) is 0 Å². The molecule has 0 aromatic carbocycles. The maximum absolute atomic E-state index is 10.8. The average Bonchev–Trinajstić information content (AvgIpc) is 2.51. The molecule has 0 aromatic rings. The first-order valence-electron chi connectivity index (χ1n) is 10.0. The Labute approximate surface area is 199 Å². The van der Waals surface area contributed by atoms with E-state index in [2.05, 4.69) is 6.92 Å². The van der Waals surface area contributed by atoms with Gasteiger partial charge in [-0.05, 0) is 19.8 Å². The molecule has 4 nitrogen and oxygen atoms in total. The largest absolute Gasteiger partial charge is 1.00 e. The van der Waals surface area contributed by atoms with E-state index in [1.165, 1.54) is 77.6 Å². The van der Waals surface area contributed by atoms with Crippen molar-refractivity contribution >= 4 is 10.1 Å². The van der Waals surface area contributed by atoms with Crippen molar-refractivity contribution in [1.29, 1.82) is 0 Å². The van der Waals surface area contributed by atoms with Gasteiger partial charge in [-0.2, -0.15) is 0 Å². The monoisotopic (exact) mass is 402 g/mol. The molecule has 146 valence electrons. The van der Waals surface area contributed by atoms with Gasteiger partial charge in [0.25, 0.3) is 0 Å². The molecule has 0 amide bonds. The smallest absolute Gasteiger partial charge is 0.748 e. The first-order valence-corrected chi connectivity index (χ1v) is 11.5. The molecule has 25 heavy (non-hydrogen) atoms. The van der Waals surface area contributed by atoms with E-state index in [4.69, 9.17) is 0 Å². The molecule has 2 atom stereocenters. The second-order valence-corrected chi connectivity index (χ2v) is 9.01. The van der Waals surface area contributed by atoms with E-state index in [0.717, 1.165) is 12.8 Å². The fourth-order valence-corrected chi connectivity index (χ4v) is 3.47. The Kier molecular flexibility index (Phi) is 21.7.